The molecule has 0 radical (unpaired) electrons. The van der Waals surface area contributed by atoms with Gasteiger partial charge in [0.05, 0.1) is 13.5 Å². The number of Topliss-reactive ketones (excluding diaryl/α,β-unsaturated/α-hetero) is 2. The Morgan fingerprint density at radius 2 is 1.46 bits per heavy atom. The van der Waals surface area contributed by atoms with Gasteiger partial charge in [0, 0.05) is 12.8 Å². The molecule has 196 valence electrons. The molecule has 0 amide bonds. The zero-order valence-electron chi connectivity index (χ0n) is 21.4. The number of carbonyl (C=O) groups is 2. The lowest BCUT2D eigenvalue weighted by atomic mass is 9.88. The van der Waals surface area contributed by atoms with Gasteiger partial charge in [0.2, 0.25) is 0 Å². The lowest BCUT2D eigenvalue weighted by molar-refractivity contribution is -0.127. The first-order chi connectivity index (χ1) is 17.8. The maximum Gasteiger partial charge on any atom is 0.160 e. The molecule has 0 saturated heterocycles. The van der Waals surface area contributed by atoms with Crippen LogP contribution in [0.1, 0.15) is 55.2 Å². The summed E-state index contributed by atoms with van der Waals surface area (Å²) in [6.45, 7) is 0. The first kappa shape index (κ1) is 27.8. The Labute approximate surface area is 218 Å². The molecule has 3 aromatic carbocycles. The molecule has 0 aliphatic rings. The lowest BCUT2D eigenvalue weighted by Gasteiger charge is -2.17. The average molecular weight is 505 g/mol. The summed E-state index contributed by atoms with van der Waals surface area (Å²) < 4.78 is 5.10. The summed E-state index contributed by atoms with van der Waals surface area (Å²) in [7, 11) is 1.48. The van der Waals surface area contributed by atoms with E-state index in [2.05, 4.69) is 0 Å². The van der Waals surface area contributed by atoms with Gasteiger partial charge < -0.3 is 20.1 Å². The number of ketones is 2. The highest BCUT2D eigenvalue weighted by molar-refractivity contribution is 5.99. The molecule has 1 unspecified atom stereocenters. The Bertz CT molecular complexity index is 1170. The van der Waals surface area contributed by atoms with Gasteiger partial charge in [-0.3, -0.25) is 9.59 Å². The third-order valence-electron chi connectivity index (χ3n) is 6.61. The van der Waals surface area contributed by atoms with Crippen molar-refractivity contribution in [1.29, 1.82) is 0 Å². The van der Waals surface area contributed by atoms with Gasteiger partial charge in [-0.25, -0.2) is 0 Å². The molecule has 3 rings (SSSR count). The maximum absolute atomic E-state index is 12.5. The lowest BCUT2D eigenvalue weighted by Crippen LogP contribution is -2.11. The van der Waals surface area contributed by atoms with Crippen molar-refractivity contribution in [1.82, 2.24) is 0 Å². The highest BCUT2D eigenvalue weighted by Crippen LogP contribution is 2.27. The van der Waals surface area contributed by atoms with Crippen molar-refractivity contribution in [2.75, 3.05) is 7.11 Å². The SMILES string of the molecule is COc1cc(CCC(=O)CC(=O)CCCC(CCc2cccc(O)c2)Cc2ccc(O)cc2)ccc1O. The molecule has 0 aliphatic heterocycles. The van der Waals surface area contributed by atoms with Crippen molar-refractivity contribution in [3.63, 3.8) is 0 Å². The number of aromatic hydroxyl groups is 3. The summed E-state index contributed by atoms with van der Waals surface area (Å²) >= 11 is 0. The number of ether oxygens (including phenoxy) is 1. The van der Waals surface area contributed by atoms with Gasteiger partial charge >= 0.3 is 0 Å². The molecule has 3 N–H and O–H groups in total. The van der Waals surface area contributed by atoms with Gasteiger partial charge in [0.15, 0.2) is 11.5 Å². The Balaban J connectivity index is 1.46. The predicted octanol–water partition coefficient (Wildman–Crippen LogP) is 5.93. The van der Waals surface area contributed by atoms with E-state index < -0.39 is 0 Å². The largest absolute Gasteiger partial charge is 0.508 e. The van der Waals surface area contributed by atoms with Crippen LogP contribution in [0.4, 0.5) is 0 Å². The van der Waals surface area contributed by atoms with Crippen molar-refractivity contribution < 1.29 is 29.6 Å². The normalized spacial score (nSPS) is 11.7. The second-order valence-corrected chi connectivity index (χ2v) is 9.60. The smallest absolute Gasteiger partial charge is 0.160 e. The fourth-order valence-electron chi connectivity index (χ4n) is 4.54. The van der Waals surface area contributed by atoms with Gasteiger partial charge in [0.25, 0.3) is 0 Å². The Hall–Kier alpha value is -3.80. The summed E-state index contributed by atoms with van der Waals surface area (Å²) in [4.78, 5) is 24.8. The van der Waals surface area contributed by atoms with E-state index in [1.54, 1.807) is 42.5 Å². The molecule has 3 aromatic rings. The number of aryl methyl sites for hydroxylation is 2. The van der Waals surface area contributed by atoms with Gasteiger partial charge in [-0.2, -0.15) is 0 Å². The first-order valence-corrected chi connectivity index (χ1v) is 12.8. The molecule has 37 heavy (non-hydrogen) atoms. The summed E-state index contributed by atoms with van der Waals surface area (Å²) in [6.07, 6.45) is 5.22. The van der Waals surface area contributed by atoms with Crippen molar-refractivity contribution in [2.24, 2.45) is 5.92 Å². The van der Waals surface area contributed by atoms with Crippen LogP contribution in [0.5, 0.6) is 23.0 Å². The van der Waals surface area contributed by atoms with E-state index in [9.17, 15) is 24.9 Å². The summed E-state index contributed by atoms with van der Waals surface area (Å²) in [5.41, 5.74) is 3.08. The maximum atomic E-state index is 12.5. The van der Waals surface area contributed by atoms with Crippen molar-refractivity contribution in [2.45, 2.75) is 57.8 Å². The van der Waals surface area contributed by atoms with E-state index in [-0.39, 0.29) is 41.7 Å². The van der Waals surface area contributed by atoms with Crippen molar-refractivity contribution in [3.8, 4) is 23.0 Å². The fraction of sp³-hybridized carbons (Fsp3) is 0.355. The number of benzene rings is 3. The topological polar surface area (TPSA) is 104 Å². The number of phenolic OH excluding ortho intramolecular Hbond substituents is 3. The molecule has 1 atom stereocenters. The van der Waals surface area contributed by atoms with Crippen molar-refractivity contribution >= 4 is 11.6 Å². The zero-order chi connectivity index (χ0) is 26.6. The molecule has 0 aliphatic carbocycles. The molecule has 6 heteroatoms. The fourth-order valence-corrected chi connectivity index (χ4v) is 4.54. The number of carbonyl (C=O) groups excluding carboxylic acids is 2. The van der Waals surface area contributed by atoms with E-state index in [4.69, 9.17) is 4.74 Å². The second kappa shape index (κ2) is 14.1. The first-order valence-electron chi connectivity index (χ1n) is 12.8. The van der Waals surface area contributed by atoms with Crippen LogP contribution in [0.2, 0.25) is 0 Å². The number of phenols is 3. The molecule has 6 nitrogen and oxygen atoms in total. The summed E-state index contributed by atoms with van der Waals surface area (Å²) in [6, 6.07) is 19.5. The van der Waals surface area contributed by atoms with Crippen molar-refractivity contribution in [3.05, 3.63) is 83.4 Å². The highest BCUT2D eigenvalue weighted by Gasteiger charge is 2.14. The van der Waals surface area contributed by atoms with Crippen LogP contribution in [0, 0.1) is 5.92 Å². The molecule has 0 aromatic heterocycles. The van der Waals surface area contributed by atoms with E-state index in [1.807, 2.05) is 24.3 Å². The molecular weight excluding hydrogens is 468 g/mol. The quantitative estimate of drug-likeness (QED) is 0.222. The third-order valence-corrected chi connectivity index (χ3v) is 6.61. The van der Waals surface area contributed by atoms with Gasteiger partial charge in [0.1, 0.15) is 23.1 Å². The molecule has 0 saturated carbocycles. The number of methoxy groups -OCH3 is 1. The monoisotopic (exact) mass is 504 g/mol. The number of hydrogen-bond acceptors (Lipinski definition) is 6. The van der Waals surface area contributed by atoms with E-state index in [0.29, 0.717) is 30.9 Å². The Kier molecular flexibility index (Phi) is 10.6. The minimum absolute atomic E-state index is 0.0374. The number of hydrogen-bond donors (Lipinski definition) is 3. The summed E-state index contributed by atoms with van der Waals surface area (Å²) in [5, 5.41) is 29.0. The van der Waals surface area contributed by atoms with Crippen LogP contribution in [0.3, 0.4) is 0 Å². The van der Waals surface area contributed by atoms with Gasteiger partial charge in [-0.05, 0) is 97.5 Å². The van der Waals surface area contributed by atoms with Crippen LogP contribution < -0.4 is 4.74 Å². The van der Waals surface area contributed by atoms with Gasteiger partial charge in [-0.1, -0.05) is 30.3 Å². The molecule has 0 fully saturated rings. The Morgan fingerprint density at radius 1 is 0.757 bits per heavy atom. The van der Waals surface area contributed by atoms with Crippen LogP contribution in [0.15, 0.2) is 66.7 Å². The van der Waals surface area contributed by atoms with E-state index >= 15 is 0 Å². The van der Waals surface area contributed by atoms with Crippen LogP contribution in [0.25, 0.3) is 0 Å². The standard InChI is InChI=1S/C31H36O6/c1-37-31-20-25(13-17-30(31)36)12-16-29(35)21-28(34)7-2-4-22(18-24-10-14-26(32)15-11-24)8-9-23-5-3-6-27(33)19-23/h3,5-6,10-11,13-15,17,19-20,22,32-33,36H,2,4,7-9,12,16,18,21H2,1H3. The van der Waals surface area contributed by atoms with E-state index in [0.717, 1.165) is 42.4 Å². The van der Waals surface area contributed by atoms with E-state index in [1.165, 1.54) is 7.11 Å². The van der Waals surface area contributed by atoms with Gasteiger partial charge in [-0.15, -0.1) is 0 Å². The zero-order valence-corrected chi connectivity index (χ0v) is 21.4. The predicted molar refractivity (Wildman–Crippen MR) is 143 cm³/mol. The second-order valence-electron chi connectivity index (χ2n) is 9.60. The molecule has 0 bridgehead atoms. The van der Waals surface area contributed by atoms with Crippen LogP contribution >= 0.6 is 0 Å². The molecule has 0 heterocycles. The van der Waals surface area contributed by atoms with Crippen LogP contribution in [-0.2, 0) is 28.9 Å². The minimum Gasteiger partial charge on any atom is -0.508 e. The number of rotatable bonds is 15. The minimum atomic E-state index is -0.0819. The molecule has 0 spiro atoms. The Morgan fingerprint density at radius 3 is 2.19 bits per heavy atom. The van der Waals surface area contributed by atoms with Crippen LogP contribution in [-0.4, -0.2) is 34.0 Å². The highest BCUT2D eigenvalue weighted by atomic mass is 16.5. The average Bonchev–Trinajstić information content (AvgIpc) is 2.88. The third kappa shape index (κ3) is 9.64. The molecular formula is C31H36O6. The summed E-state index contributed by atoms with van der Waals surface area (Å²) in [5.74, 6) is 1.13.